The van der Waals surface area contributed by atoms with Crippen molar-refractivity contribution in [2.24, 2.45) is 0 Å². The third-order valence-electron chi connectivity index (χ3n) is 4.59. The molecule has 0 amide bonds. The Morgan fingerprint density at radius 3 is 2.57 bits per heavy atom. The average Bonchev–Trinajstić information content (AvgIpc) is 3.04. The number of carboxylic acid groups (broad SMARTS) is 1. The normalized spacial score (nSPS) is 15.7. The largest absolute Gasteiger partial charge is 0.478 e. The Bertz CT molecular complexity index is 1170. The molecule has 0 spiro atoms. The van der Waals surface area contributed by atoms with Crippen LogP contribution >= 0.6 is 0 Å². The van der Waals surface area contributed by atoms with Gasteiger partial charge in [-0.3, -0.25) is 4.57 Å². The third kappa shape index (κ3) is 3.11. The van der Waals surface area contributed by atoms with Gasteiger partial charge in [0.05, 0.1) is 40.4 Å². The number of rotatable bonds is 4. The number of imidazole rings is 1. The molecule has 0 unspecified atom stereocenters. The molecule has 0 atom stereocenters. The number of aromatic nitrogens is 2. The first-order valence-electron chi connectivity index (χ1n) is 8.57. The van der Waals surface area contributed by atoms with Crippen LogP contribution in [-0.2, 0) is 14.8 Å². The molecule has 1 aliphatic heterocycles. The van der Waals surface area contributed by atoms with Crippen molar-refractivity contribution in [1.29, 1.82) is 0 Å². The lowest BCUT2D eigenvalue weighted by atomic mass is 10.2. The summed E-state index contributed by atoms with van der Waals surface area (Å²) in [5, 5.41) is 9.51. The van der Waals surface area contributed by atoms with Gasteiger partial charge in [-0.1, -0.05) is 12.1 Å². The van der Waals surface area contributed by atoms with Crippen molar-refractivity contribution in [2.75, 3.05) is 32.0 Å². The van der Waals surface area contributed by atoms with E-state index in [1.807, 2.05) is 0 Å². The molecular formula is C18H18N4O5S. The number of fused-ring (bicyclic) bond motifs is 1. The minimum Gasteiger partial charge on any atom is -0.478 e. The van der Waals surface area contributed by atoms with Crippen LogP contribution < -0.4 is 5.73 Å². The molecule has 1 aromatic heterocycles. The fraction of sp³-hybridized carbons (Fsp3) is 0.222. The molecule has 1 saturated heterocycles. The van der Waals surface area contributed by atoms with E-state index in [-0.39, 0.29) is 29.5 Å². The molecule has 0 bridgehead atoms. The Morgan fingerprint density at radius 1 is 1.14 bits per heavy atom. The zero-order valence-electron chi connectivity index (χ0n) is 14.8. The van der Waals surface area contributed by atoms with Gasteiger partial charge in [0.25, 0.3) is 0 Å². The van der Waals surface area contributed by atoms with Gasteiger partial charge in [0.2, 0.25) is 16.0 Å². The number of hydrogen-bond donors (Lipinski definition) is 2. The van der Waals surface area contributed by atoms with Crippen LogP contribution in [0.5, 0.6) is 0 Å². The van der Waals surface area contributed by atoms with Gasteiger partial charge in [0.15, 0.2) is 0 Å². The number of benzene rings is 2. The number of ether oxygens (including phenoxy) is 1. The van der Waals surface area contributed by atoms with Gasteiger partial charge < -0.3 is 15.6 Å². The van der Waals surface area contributed by atoms with Crippen LogP contribution in [0.25, 0.3) is 16.7 Å². The summed E-state index contributed by atoms with van der Waals surface area (Å²) in [6.45, 7) is 1.02. The maximum atomic E-state index is 13.1. The minimum atomic E-state index is -3.88. The average molecular weight is 402 g/mol. The molecule has 10 heteroatoms. The van der Waals surface area contributed by atoms with E-state index in [1.54, 1.807) is 28.8 Å². The predicted octanol–water partition coefficient (Wildman–Crippen LogP) is 1.33. The van der Waals surface area contributed by atoms with E-state index in [2.05, 4.69) is 4.98 Å². The lowest BCUT2D eigenvalue weighted by Crippen LogP contribution is -2.40. The highest BCUT2D eigenvalue weighted by Crippen LogP contribution is 2.27. The zero-order chi connectivity index (χ0) is 19.9. The van der Waals surface area contributed by atoms with Gasteiger partial charge in [-0.15, -0.1) is 0 Å². The summed E-state index contributed by atoms with van der Waals surface area (Å²) < 4.78 is 34.1. The van der Waals surface area contributed by atoms with E-state index >= 15 is 0 Å². The topological polar surface area (TPSA) is 128 Å². The van der Waals surface area contributed by atoms with E-state index in [0.29, 0.717) is 29.9 Å². The van der Waals surface area contributed by atoms with Crippen molar-refractivity contribution >= 4 is 33.0 Å². The summed E-state index contributed by atoms with van der Waals surface area (Å²) in [6.07, 6.45) is 0. The van der Waals surface area contributed by atoms with Gasteiger partial charge in [0, 0.05) is 13.1 Å². The maximum Gasteiger partial charge on any atom is 0.335 e. The molecule has 3 N–H and O–H groups in total. The number of carboxylic acids is 1. The molecule has 146 valence electrons. The predicted molar refractivity (Wildman–Crippen MR) is 102 cm³/mol. The fourth-order valence-electron chi connectivity index (χ4n) is 3.24. The lowest BCUT2D eigenvalue weighted by molar-refractivity contribution is 0.0696. The molecule has 1 aliphatic rings. The van der Waals surface area contributed by atoms with Crippen molar-refractivity contribution in [2.45, 2.75) is 4.90 Å². The minimum absolute atomic E-state index is 0.110. The highest BCUT2D eigenvalue weighted by Gasteiger charge is 2.28. The van der Waals surface area contributed by atoms with Gasteiger partial charge in [-0.2, -0.15) is 4.31 Å². The van der Waals surface area contributed by atoms with Crippen LogP contribution in [0.15, 0.2) is 47.4 Å². The summed E-state index contributed by atoms with van der Waals surface area (Å²) in [4.78, 5) is 15.8. The molecule has 0 radical (unpaired) electrons. The van der Waals surface area contributed by atoms with Crippen LogP contribution in [0.2, 0.25) is 0 Å². The number of carbonyl (C=O) groups is 1. The first kappa shape index (κ1) is 18.4. The van der Waals surface area contributed by atoms with Crippen LogP contribution in [0.1, 0.15) is 10.4 Å². The number of nitrogens with zero attached hydrogens (tertiary/aromatic N) is 3. The molecule has 4 rings (SSSR count). The van der Waals surface area contributed by atoms with Crippen LogP contribution in [0, 0.1) is 0 Å². The second-order valence-corrected chi connectivity index (χ2v) is 8.27. The molecule has 2 heterocycles. The number of aromatic carboxylic acids is 1. The number of para-hydroxylation sites is 2. The lowest BCUT2D eigenvalue weighted by Gasteiger charge is -2.26. The number of anilines is 1. The number of nitrogens with two attached hydrogens (primary N) is 1. The van der Waals surface area contributed by atoms with Crippen molar-refractivity contribution in [1.82, 2.24) is 13.9 Å². The highest BCUT2D eigenvalue weighted by atomic mass is 32.2. The Morgan fingerprint density at radius 2 is 1.86 bits per heavy atom. The first-order valence-corrected chi connectivity index (χ1v) is 10.0. The second-order valence-electron chi connectivity index (χ2n) is 6.33. The summed E-state index contributed by atoms with van der Waals surface area (Å²) in [6, 6.07) is 11.1. The summed E-state index contributed by atoms with van der Waals surface area (Å²) in [5.41, 5.74) is 7.48. The Labute approximate surface area is 161 Å². The molecule has 2 aromatic carbocycles. The van der Waals surface area contributed by atoms with Crippen molar-refractivity contribution in [3.63, 3.8) is 0 Å². The number of sulfonamides is 1. The smallest absolute Gasteiger partial charge is 0.335 e. The standard InChI is InChI=1S/C18H18N4O5S/c19-18-20-15-3-1-2-4-16(15)22(18)13-9-12(17(23)24)10-14(11-13)28(25,26)21-5-7-27-8-6-21/h1-4,9-11H,5-8H2,(H2,19,20)(H,23,24). The molecule has 1 fully saturated rings. The van der Waals surface area contributed by atoms with Crippen LogP contribution in [0.4, 0.5) is 5.95 Å². The quantitative estimate of drug-likeness (QED) is 0.674. The molecule has 28 heavy (non-hydrogen) atoms. The maximum absolute atomic E-state index is 13.1. The fourth-order valence-corrected chi connectivity index (χ4v) is 4.71. The molecule has 0 aliphatic carbocycles. The zero-order valence-corrected chi connectivity index (χ0v) is 15.6. The third-order valence-corrected chi connectivity index (χ3v) is 6.47. The Kier molecular flexibility index (Phi) is 4.53. The summed E-state index contributed by atoms with van der Waals surface area (Å²) in [5.74, 6) is -1.10. The van der Waals surface area contributed by atoms with Crippen LogP contribution in [0.3, 0.4) is 0 Å². The molecule has 3 aromatic rings. The molecular weight excluding hydrogens is 384 g/mol. The van der Waals surface area contributed by atoms with Gasteiger partial charge in [-0.05, 0) is 30.3 Å². The van der Waals surface area contributed by atoms with Gasteiger partial charge in [0.1, 0.15) is 0 Å². The van der Waals surface area contributed by atoms with E-state index in [4.69, 9.17) is 10.5 Å². The SMILES string of the molecule is Nc1nc2ccccc2n1-c1cc(C(=O)O)cc(S(=O)(=O)N2CCOCC2)c1. The van der Waals surface area contributed by atoms with Crippen LogP contribution in [-0.4, -0.2) is 59.7 Å². The Hall–Kier alpha value is -2.95. The van der Waals surface area contributed by atoms with Gasteiger partial charge in [-0.25, -0.2) is 18.2 Å². The highest BCUT2D eigenvalue weighted by molar-refractivity contribution is 7.89. The Balaban J connectivity index is 1.91. The molecule has 9 nitrogen and oxygen atoms in total. The summed E-state index contributed by atoms with van der Waals surface area (Å²) >= 11 is 0. The number of hydrogen-bond acceptors (Lipinski definition) is 6. The second kappa shape index (κ2) is 6.89. The van der Waals surface area contributed by atoms with Crippen molar-refractivity contribution < 1.29 is 23.1 Å². The van der Waals surface area contributed by atoms with Crippen molar-refractivity contribution in [3.05, 3.63) is 48.0 Å². The van der Waals surface area contributed by atoms with E-state index in [1.165, 1.54) is 16.4 Å². The van der Waals surface area contributed by atoms with E-state index in [9.17, 15) is 18.3 Å². The number of nitrogen functional groups attached to an aromatic ring is 1. The van der Waals surface area contributed by atoms with E-state index < -0.39 is 16.0 Å². The summed E-state index contributed by atoms with van der Waals surface area (Å²) in [7, 11) is -3.88. The monoisotopic (exact) mass is 402 g/mol. The molecule has 0 saturated carbocycles. The van der Waals surface area contributed by atoms with Gasteiger partial charge >= 0.3 is 5.97 Å². The number of morpholine rings is 1. The van der Waals surface area contributed by atoms with E-state index in [0.717, 1.165) is 6.07 Å². The first-order chi connectivity index (χ1) is 13.4. The van der Waals surface area contributed by atoms with Crippen molar-refractivity contribution in [3.8, 4) is 5.69 Å².